The maximum atomic E-state index is 11.0. The van der Waals surface area contributed by atoms with Crippen molar-refractivity contribution in [2.45, 2.75) is 13.5 Å². The van der Waals surface area contributed by atoms with Gasteiger partial charge in [-0.05, 0) is 11.4 Å². The summed E-state index contributed by atoms with van der Waals surface area (Å²) in [5.74, 6) is -0.0528. The molecule has 0 bridgehead atoms. The van der Waals surface area contributed by atoms with E-state index in [2.05, 4.69) is 20.8 Å². The molecule has 3 N–H and O–H groups in total. The van der Waals surface area contributed by atoms with E-state index in [9.17, 15) is 4.79 Å². The summed E-state index contributed by atoms with van der Waals surface area (Å²) in [7, 11) is 0. The van der Waals surface area contributed by atoms with E-state index in [1.54, 1.807) is 23.7 Å². The molecule has 0 spiro atoms. The molecule has 84 valence electrons. The van der Waals surface area contributed by atoms with E-state index in [0.717, 1.165) is 16.3 Å². The zero-order valence-electron chi connectivity index (χ0n) is 8.78. The number of anilines is 2. The molecule has 0 aliphatic carbocycles. The highest BCUT2D eigenvalue weighted by atomic mass is 32.1. The fourth-order valence-electron chi connectivity index (χ4n) is 1.31. The Hall–Kier alpha value is -1.82. The summed E-state index contributed by atoms with van der Waals surface area (Å²) in [6.07, 6.45) is 3.50. The van der Waals surface area contributed by atoms with Gasteiger partial charge in [-0.3, -0.25) is 9.89 Å². The normalized spacial score (nSPS) is 10.1. The Bertz CT molecular complexity index is 463. The lowest BCUT2D eigenvalue weighted by Crippen LogP contribution is -2.07. The third kappa shape index (κ3) is 2.60. The molecule has 0 radical (unpaired) electrons. The van der Waals surface area contributed by atoms with Crippen LogP contribution in [-0.4, -0.2) is 16.1 Å². The van der Waals surface area contributed by atoms with Crippen molar-refractivity contribution in [1.82, 2.24) is 10.2 Å². The molecule has 16 heavy (non-hydrogen) atoms. The number of H-pyrrole nitrogens is 1. The van der Waals surface area contributed by atoms with Gasteiger partial charge in [0.2, 0.25) is 5.91 Å². The lowest BCUT2D eigenvalue weighted by molar-refractivity contribution is -0.114. The molecule has 0 fully saturated rings. The predicted molar refractivity (Wildman–Crippen MR) is 64.5 cm³/mol. The van der Waals surface area contributed by atoms with Crippen molar-refractivity contribution < 1.29 is 4.79 Å². The van der Waals surface area contributed by atoms with Crippen LogP contribution >= 0.6 is 11.3 Å². The molecule has 0 aromatic carbocycles. The number of hydrogen-bond donors (Lipinski definition) is 3. The molecule has 0 saturated carbocycles. The third-order valence-electron chi connectivity index (χ3n) is 2.01. The molecule has 0 aliphatic heterocycles. The minimum absolute atomic E-state index is 0.0528. The number of aromatic amines is 1. The van der Waals surface area contributed by atoms with Crippen LogP contribution in [-0.2, 0) is 11.3 Å². The molecule has 2 aromatic rings. The Kier molecular flexibility index (Phi) is 3.21. The van der Waals surface area contributed by atoms with Crippen LogP contribution in [0.2, 0.25) is 0 Å². The summed E-state index contributed by atoms with van der Waals surface area (Å²) in [4.78, 5) is 12.0. The Morgan fingerprint density at radius 1 is 1.62 bits per heavy atom. The van der Waals surface area contributed by atoms with Gasteiger partial charge < -0.3 is 10.6 Å². The van der Waals surface area contributed by atoms with Crippen LogP contribution in [0.1, 0.15) is 11.8 Å². The van der Waals surface area contributed by atoms with Crippen molar-refractivity contribution in [3.8, 4) is 0 Å². The minimum Gasteiger partial charge on any atom is -0.378 e. The maximum Gasteiger partial charge on any atom is 0.221 e. The number of carbonyl (C=O) groups excluding carboxylic acids is 1. The number of nitrogens with zero attached hydrogens (tertiary/aromatic N) is 1. The number of nitrogens with one attached hydrogen (secondary N) is 3. The second kappa shape index (κ2) is 4.80. The van der Waals surface area contributed by atoms with E-state index >= 15 is 0 Å². The summed E-state index contributed by atoms with van der Waals surface area (Å²) < 4.78 is 0. The highest BCUT2D eigenvalue weighted by Crippen LogP contribution is 2.23. The molecule has 2 aromatic heterocycles. The van der Waals surface area contributed by atoms with Gasteiger partial charge in [0.25, 0.3) is 0 Å². The van der Waals surface area contributed by atoms with Gasteiger partial charge in [-0.15, -0.1) is 11.3 Å². The van der Waals surface area contributed by atoms with E-state index in [-0.39, 0.29) is 5.91 Å². The van der Waals surface area contributed by atoms with Gasteiger partial charge in [0.1, 0.15) is 0 Å². The molecule has 0 saturated heterocycles. The number of hydrogen-bond acceptors (Lipinski definition) is 4. The second-order valence-electron chi connectivity index (χ2n) is 3.28. The van der Waals surface area contributed by atoms with Crippen molar-refractivity contribution in [2.75, 3.05) is 10.6 Å². The van der Waals surface area contributed by atoms with E-state index in [1.807, 2.05) is 11.4 Å². The summed E-state index contributed by atoms with van der Waals surface area (Å²) in [5.41, 5.74) is 1.80. The van der Waals surface area contributed by atoms with E-state index in [1.165, 1.54) is 6.92 Å². The molecule has 6 heteroatoms. The first kappa shape index (κ1) is 10.7. The Morgan fingerprint density at radius 3 is 3.19 bits per heavy atom. The van der Waals surface area contributed by atoms with Crippen molar-refractivity contribution >= 4 is 28.6 Å². The molecular weight excluding hydrogens is 224 g/mol. The number of carbonyl (C=O) groups is 1. The SMILES string of the molecule is CC(=O)Nc1ccsc1CNc1cn[nH]c1. The van der Waals surface area contributed by atoms with Gasteiger partial charge in [-0.2, -0.15) is 5.10 Å². The number of aromatic nitrogens is 2. The highest BCUT2D eigenvalue weighted by molar-refractivity contribution is 7.10. The largest absolute Gasteiger partial charge is 0.378 e. The van der Waals surface area contributed by atoms with E-state index < -0.39 is 0 Å². The minimum atomic E-state index is -0.0528. The van der Waals surface area contributed by atoms with Crippen LogP contribution in [0.25, 0.3) is 0 Å². The van der Waals surface area contributed by atoms with Crippen LogP contribution in [0.4, 0.5) is 11.4 Å². The monoisotopic (exact) mass is 236 g/mol. The Balaban J connectivity index is 1.99. The molecule has 2 rings (SSSR count). The first-order valence-electron chi connectivity index (χ1n) is 4.82. The average Bonchev–Trinajstić information content (AvgIpc) is 2.84. The van der Waals surface area contributed by atoms with Gasteiger partial charge in [-0.25, -0.2) is 0 Å². The van der Waals surface area contributed by atoms with Gasteiger partial charge in [0.15, 0.2) is 0 Å². The summed E-state index contributed by atoms with van der Waals surface area (Å²) in [6, 6.07) is 1.90. The van der Waals surface area contributed by atoms with Gasteiger partial charge in [0, 0.05) is 18.0 Å². The van der Waals surface area contributed by atoms with Crippen molar-refractivity contribution in [1.29, 1.82) is 0 Å². The van der Waals surface area contributed by atoms with Gasteiger partial charge >= 0.3 is 0 Å². The smallest absolute Gasteiger partial charge is 0.221 e. The maximum absolute atomic E-state index is 11.0. The predicted octanol–water partition coefficient (Wildman–Crippen LogP) is 2.04. The summed E-state index contributed by atoms with van der Waals surface area (Å²) in [6.45, 7) is 2.18. The molecule has 0 atom stereocenters. The van der Waals surface area contributed by atoms with E-state index in [0.29, 0.717) is 6.54 Å². The van der Waals surface area contributed by atoms with Crippen LogP contribution in [0.15, 0.2) is 23.8 Å². The Morgan fingerprint density at radius 2 is 2.50 bits per heavy atom. The number of thiophene rings is 1. The molecule has 5 nitrogen and oxygen atoms in total. The van der Waals surface area contributed by atoms with Gasteiger partial charge in [0.05, 0.1) is 24.1 Å². The molecule has 2 heterocycles. The molecule has 0 aliphatic rings. The first-order valence-corrected chi connectivity index (χ1v) is 5.70. The fourth-order valence-corrected chi connectivity index (χ4v) is 2.08. The number of rotatable bonds is 4. The summed E-state index contributed by atoms with van der Waals surface area (Å²) >= 11 is 1.61. The lowest BCUT2D eigenvalue weighted by Gasteiger charge is -2.05. The van der Waals surface area contributed by atoms with Gasteiger partial charge in [-0.1, -0.05) is 0 Å². The van der Waals surface area contributed by atoms with Crippen LogP contribution in [0.5, 0.6) is 0 Å². The van der Waals surface area contributed by atoms with Crippen molar-refractivity contribution in [3.05, 3.63) is 28.7 Å². The van der Waals surface area contributed by atoms with Crippen LogP contribution < -0.4 is 10.6 Å². The molecule has 1 amide bonds. The quantitative estimate of drug-likeness (QED) is 0.760. The number of amides is 1. The zero-order valence-corrected chi connectivity index (χ0v) is 9.60. The molecular formula is C10H12N4OS. The lowest BCUT2D eigenvalue weighted by atomic mass is 10.3. The van der Waals surface area contributed by atoms with Crippen LogP contribution in [0, 0.1) is 0 Å². The van der Waals surface area contributed by atoms with Crippen molar-refractivity contribution in [2.24, 2.45) is 0 Å². The van der Waals surface area contributed by atoms with E-state index in [4.69, 9.17) is 0 Å². The molecule has 0 unspecified atom stereocenters. The average molecular weight is 236 g/mol. The standard InChI is InChI=1S/C10H12N4OS/c1-7(15)14-9-2-3-16-10(9)6-11-8-4-12-13-5-8/h2-5,11H,6H2,1H3,(H,12,13)(H,14,15). The van der Waals surface area contributed by atoms with Crippen molar-refractivity contribution in [3.63, 3.8) is 0 Å². The highest BCUT2D eigenvalue weighted by Gasteiger charge is 2.05. The Labute approximate surface area is 96.9 Å². The summed E-state index contributed by atoms with van der Waals surface area (Å²) in [5, 5.41) is 14.5. The van der Waals surface area contributed by atoms with Crippen LogP contribution in [0.3, 0.4) is 0 Å². The third-order valence-corrected chi connectivity index (χ3v) is 2.93. The topological polar surface area (TPSA) is 69.8 Å². The fraction of sp³-hybridized carbons (Fsp3) is 0.200. The first-order chi connectivity index (χ1) is 7.75. The zero-order chi connectivity index (χ0) is 11.4. The second-order valence-corrected chi connectivity index (χ2v) is 4.28.